The number of rotatable bonds is 1. The van der Waals surface area contributed by atoms with Crippen molar-refractivity contribution in [2.45, 2.75) is 31.6 Å². The van der Waals surface area contributed by atoms with E-state index in [0.29, 0.717) is 11.7 Å². The van der Waals surface area contributed by atoms with Crippen LogP contribution >= 0.6 is 0 Å². The molecule has 15 heavy (non-hydrogen) atoms. The summed E-state index contributed by atoms with van der Waals surface area (Å²) in [6.45, 7) is 0. The molecular formula is C12H14OVW. The molecule has 1 aromatic carbocycles. The molecular weight excluding hydrogens is 395 g/mol. The molecule has 79 valence electrons. The van der Waals surface area contributed by atoms with E-state index in [0.717, 1.165) is 0 Å². The Morgan fingerprint density at radius 1 is 1.07 bits per heavy atom. The Labute approximate surface area is 114 Å². The van der Waals surface area contributed by atoms with Crippen molar-refractivity contribution in [3.8, 4) is 5.75 Å². The molecule has 0 saturated heterocycles. The van der Waals surface area contributed by atoms with E-state index in [1.165, 1.54) is 31.2 Å². The largest absolute Gasteiger partial charge is 0 e. The molecule has 1 aliphatic carbocycles. The topological polar surface area (TPSA) is 20.2 Å². The molecule has 1 fully saturated rings. The Morgan fingerprint density at radius 3 is 2.13 bits per heavy atom. The summed E-state index contributed by atoms with van der Waals surface area (Å²) in [4.78, 5) is 0. The smallest absolute Gasteiger partial charge is 0 e. The van der Waals surface area contributed by atoms with E-state index in [2.05, 4.69) is 29.1 Å². The van der Waals surface area contributed by atoms with Gasteiger partial charge in [0.1, 0.15) is 0 Å². The summed E-state index contributed by atoms with van der Waals surface area (Å²) in [6, 6.07) is 7.68. The summed E-state index contributed by atoms with van der Waals surface area (Å²) in [5.41, 5.74) is 1.38. The van der Waals surface area contributed by atoms with Crippen molar-refractivity contribution >= 4 is 4.23 Å². The molecule has 1 aliphatic rings. The van der Waals surface area contributed by atoms with Gasteiger partial charge in [0.15, 0.2) is 0 Å². The van der Waals surface area contributed by atoms with Gasteiger partial charge in [0, 0.05) is 21.1 Å². The molecule has 0 unspecified atom stereocenters. The molecule has 0 heterocycles. The SMILES string of the molecule is Oc1ccc(C2CC[C](=[V])CC2)cc1.[W]. The van der Waals surface area contributed by atoms with Crippen LogP contribution < -0.4 is 0 Å². The maximum absolute atomic E-state index is 9.19. The summed E-state index contributed by atoms with van der Waals surface area (Å²) in [6.07, 6.45) is 5.00. The van der Waals surface area contributed by atoms with E-state index in [4.69, 9.17) is 0 Å². The molecule has 1 nitrogen and oxygen atoms in total. The summed E-state index contributed by atoms with van der Waals surface area (Å²) in [5.74, 6) is 1.06. The molecule has 0 aliphatic heterocycles. The second-order valence-corrected chi connectivity index (χ2v) is 4.92. The predicted octanol–water partition coefficient (Wildman–Crippen LogP) is 2.77. The second kappa shape index (κ2) is 6.04. The van der Waals surface area contributed by atoms with Crippen LogP contribution in [-0.4, -0.2) is 9.33 Å². The Balaban J connectivity index is 0.00000112. The molecule has 1 saturated carbocycles. The average molecular weight is 409 g/mol. The average Bonchev–Trinajstić information content (AvgIpc) is 2.21. The van der Waals surface area contributed by atoms with Gasteiger partial charge in [-0.3, -0.25) is 0 Å². The molecule has 0 bridgehead atoms. The van der Waals surface area contributed by atoms with Gasteiger partial charge in [-0.1, -0.05) is 0 Å². The minimum absolute atomic E-state index is 0. The molecule has 0 amide bonds. The van der Waals surface area contributed by atoms with Gasteiger partial charge in [0.05, 0.1) is 0 Å². The van der Waals surface area contributed by atoms with Gasteiger partial charge in [-0.25, -0.2) is 0 Å². The molecule has 0 aromatic heterocycles. The van der Waals surface area contributed by atoms with Crippen LogP contribution in [0.3, 0.4) is 0 Å². The monoisotopic (exact) mass is 409 g/mol. The maximum atomic E-state index is 9.19. The van der Waals surface area contributed by atoms with Crippen LogP contribution in [-0.2, 0) is 38.0 Å². The van der Waals surface area contributed by atoms with Crippen LogP contribution in [0.1, 0.15) is 37.2 Å². The van der Waals surface area contributed by atoms with Crippen molar-refractivity contribution in [2.75, 3.05) is 0 Å². The second-order valence-electron chi connectivity index (χ2n) is 3.93. The number of phenols is 1. The molecule has 0 atom stereocenters. The fourth-order valence-corrected chi connectivity index (χ4v) is 2.43. The van der Waals surface area contributed by atoms with Gasteiger partial charge in [-0.15, -0.1) is 0 Å². The van der Waals surface area contributed by atoms with Crippen molar-refractivity contribution in [3.63, 3.8) is 0 Å². The predicted molar refractivity (Wildman–Crippen MR) is 54.3 cm³/mol. The molecule has 2 rings (SSSR count). The third-order valence-electron chi connectivity index (χ3n) is 2.93. The minimum Gasteiger partial charge on any atom is 0 e. The van der Waals surface area contributed by atoms with Gasteiger partial charge in [0.25, 0.3) is 0 Å². The summed E-state index contributed by atoms with van der Waals surface area (Å²) >= 11 is 2.70. The first-order chi connectivity index (χ1) is 6.75. The fourth-order valence-electron chi connectivity index (χ4n) is 2.03. The zero-order valence-corrected chi connectivity index (χ0v) is 12.8. The van der Waals surface area contributed by atoms with Crippen LogP contribution in [0.15, 0.2) is 24.3 Å². The standard InChI is InChI=1S/C12H14O.V.W/c13-12-8-6-11(7-9-12)10-4-2-1-3-5-10;;/h6-10,13H,2-5H2;;. The minimum atomic E-state index is 0. The third-order valence-corrected chi connectivity index (χ3v) is 3.63. The zero-order chi connectivity index (χ0) is 9.97. The summed E-state index contributed by atoms with van der Waals surface area (Å²) < 4.78 is 1.58. The van der Waals surface area contributed by atoms with Gasteiger partial charge in [-0.2, -0.15) is 0 Å². The van der Waals surface area contributed by atoms with Crippen LogP contribution in [0.4, 0.5) is 0 Å². The third kappa shape index (κ3) is 3.59. The van der Waals surface area contributed by atoms with Crippen LogP contribution in [0.5, 0.6) is 5.75 Å². The van der Waals surface area contributed by atoms with E-state index in [-0.39, 0.29) is 21.1 Å². The number of aromatic hydroxyl groups is 1. The van der Waals surface area contributed by atoms with E-state index in [1.54, 1.807) is 16.4 Å². The van der Waals surface area contributed by atoms with E-state index >= 15 is 0 Å². The Kier molecular flexibility index (Phi) is 5.32. The summed E-state index contributed by atoms with van der Waals surface area (Å²) in [5, 5.41) is 9.19. The van der Waals surface area contributed by atoms with E-state index in [9.17, 15) is 5.11 Å². The van der Waals surface area contributed by atoms with Crippen molar-refractivity contribution in [1.29, 1.82) is 0 Å². The van der Waals surface area contributed by atoms with Crippen molar-refractivity contribution < 1.29 is 43.2 Å². The quantitative estimate of drug-likeness (QED) is 0.757. The van der Waals surface area contributed by atoms with Gasteiger partial charge >= 0.3 is 93.5 Å². The van der Waals surface area contributed by atoms with Crippen molar-refractivity contribution in [1.82, 2.24) is 0 Å². The molecule has 1 N–H and O–H groups in total. The zero-order valence-electron chi connectivity index (χ0n) is 8.52. The fraction of sp³-hybridized carbons (Fsp3) is 0.417. The Hall–Kier alpha value is 0.163. The van der Waals surface area contributed by atoms with E-state index < -0.39 is 0 Å². The number of benzene rings is 1. The van der Waals surface area contributed by atoms with Crippen molar-refractivity contribution in [2.24, 2.45) is 0 Å². The van der Waals surface area contributed by atoms with Gasteiger partial charge < -0.3 is 0 Å². The van der Waals surface area contributed by atoms with Crippen LogP contribution in [0.25, 0.3) is 0 Å². The Morgan fingerprint density at radius 2 is 1.60 bits per heavy atom. The van der Waals surface area contributed by atoms with E-state index in [1.807, 2.05) is 0 Å². The van der Waals surface area contributed by atoms with Gasteiger partial charge in [-0.05, 0) is 0 Å². The Bertz CT molecular complexity index is 324. The number of hydrogen-bond donors (Lipinski definition) is 1. The van der Waals surface area contributed by atoms with Gasteiger partial charge in [0.2, 0.25) is 0 Å². The maximum Gasteiger partial charge on any atom is 0 e. The number of hydrogen-bond acceptors (Lipinski definition) is 1. The first kappa shape index (κ1) is 13.2. The normalized spacial score (nSPS) is 17.1. The molecule has 1 aromatic rings. The van der Waals surface area contributed by atoms with Crippen molar-refractivity contribution in [3.05, 3.63) is 29.8 Å². The van der Waals surface area contributed by atoms with Crippen LogP contribution in [0.2, 0.25) is 0 Å². The first-order valence-electron chi connectivity index (χ1n) is 5.08. The van der Waals surface area contributed by atoms with Crippen LogP contribution in [0, 0.1) is 0 Å². The number of phenolic OH excluding ortho intramolecular Hbond substituents is 1. The molecule has 3 heteroatoms. The molecule has 0 radical (unpaired) electrons. The first-order valence-corrected chi connectivity index (χ1v) is 5.78. The summed E-state index contributed by atoms with van der Waals surface area (Å²) in [7, 11) is 0. The molecule has 0 spiro atoms.